The first kappa shape index (κ1) is 32.4. The molecule has 0 fully saturated rings. The van der Waals surface area contributed by atoms with E-state index in [1.54, 1.807) is 11.3 Å². The molecule has 0 bridgehead atoms. The van der Waals surface area contributed by atoms with Crippen molar-refractivity contribution in [1.82, 2.24) is 4.98 Å². The molecule has 1 atom stereocenters. The largest absolute Gasteiger partial charge is 0.241 e. The summed E-state index contributed by atoms with van der Waals surface area (Å²) in [5, 5.41) is 3.69. The third-order valence-corrected chi connectivity index (χ3v) is 12.9. The molecule has 52 heavy (non-hydrogen) atoms. The number of aromatic nitrogens is 1. The molecule has 0 spiro atoms. The molecule has 1 aliphatic rings. The van der Waals surface area contributed by atoms with E-state index in [4.69, 9.17) is 15.0 Å². The lowest BCUT2D eigenvalue weighted by atomic mass is 9.95. The van der Waals surface area contributed by atoms with Crippen LogP contribution in [0.15, 0.2) is 174 Å². The Morgan fingerprint density at radius 2 is 1.23 bits per heavy atom. The van der Waals surface area contributed by atoms with E-state index in [0.717, 1.165) is 39.4 Å². The second-order valence-corrected chi connectivity index (χ2v) is 16.1. The highest BCUT2D eigenvalue weighted by Crippen LogP contribution is 2.36. The molecule has 3 nitrogen and oxygen atoms in total. The predicted molar refractivity (Wildman–Crippen MR) is 227 cm³/mol. The van der Waals surface area contributed by atoms with Gasteiger partial charge in [-0.3, -0.25) is 0 Å². The van der Waals surface area contributed by atoms with Crippen molar-refractivity contribution in [3.05, 3.63) is 180 Å². The molecular weight excluding hydrogens is 691 g/mol. The fourth-order valence-corrected chi connectivity index (χ4v) is 9.75. The molecule has 1 aliphatic carbocycles. The van der Waals surface area contributed by atoms with Gasteiger partial charge in [0, 0.05) is 36.3 Å². The zero-order valence-electron chi connectivity index (χ0n) is 28.5. The Hall–Kier alpha value is -5.53. The Balaban J connectivity index is 1.01. The lowest BCUT2D eigenvalue weighted by Crippen LogP contribution is -2.07. The Kier molecular flexibility index (Phi) is 8.65. The molecule has 9 rings (SSSR count). The highest BCUT2D eigenvalue weighted by Gasteiger charge is 2.17. The van der Waals surface area contributed by atoms with E-state index in [-0.39, 0.29) is 5.92 Å². The van der Waals surface area contributed by atoms with Crippen molar-refractivity contribution in [3.8, 4) is 20.9 Å². The van der Waals surface area contributed by atoms with Gasteiger partial charge in [0.1, 0.15) is 5.01 Å². The zero-order valence-corrected chi connectivity index (χ0v) is 30.9. The molecule has 3 heterocycles. The van der Waals surface area contributed by atoms with E-state index in [2.05, 4.69) is 159 Å². The van der Waals surface area contributed by atoms with Gasteiger partial charge in [0.05, 0.1) is 15.9 Å². The summed E-state index contributed by atoms with van der Waals surface area (Å²) in [5.41, 5.74) is 8.04. The molecule has 3 aromatic heterocycles. The standard InChI is InChI=1S/C46H33N3S3/c1-29(31-15-19-33(20-16-31)43-27-37-9-3-6-12-40(37)50-43)47-45(35-23-21-34(22-24-35)44-28-38-10-4-7-13-41(38)51-44)48-30(2)32-17-25-36(26-18-32)46-49-39-11-5-8-14-42(39)52-46/h3-25,27-28,36H,1,26H2,2H3/b47-45-,48-30+. The van der Waals surface area contributed by atoms with E-state index < -0.39 is 0 Å². The number of hydrogen-bond acceptors (Lipinski definition) is 5. The van der Waals surface area contributed by atoms with Gasteiger partial charge in [0.25, 0.3) is 0 Å². The Morgan fingerprint density at radius 3 is 1.81 bits per heavy atom. The van der Waals surface area contributed by atoms with Crippen LogP contribution in [0.3, 0.4) is 0 Å². The monoisotopic (exact) mass is 723 g/mol. The summed E-state index contributed by atoms with van der Waals surface area (Å²) in [6.07, 6.45) is 7.61. The number of amidine groups is 1. The van der Waals surface area contributed by atoms with E-state index >= 15 is 0 Å². The van der Waals surface area contributed by atoms with Crippen LogP contribution in [-0.4, -0.2) is 16.5 Å². The first-order valence-corrected chi connectivity index (χ1v) is 19.7. The zero-order chi connectivity index (χ0) is 35.0. The molecule has 6 heteroatoms. The smallest absolute Gasteiger partial charge is 0.160 e. The lowest BCUT2D eigenvalue weighted by Gasteiger charge is -2.14. The van der Waals surface area contributed by atoms with Crippen molar-refractivity contribution in [2.45, 2.75) is 19.3 Å². The van der Waals surface area contributed by atoms with Gasteiger partial charge in [0.2, 0.25) is 0 Å². The number of nitrogens with zero attached hydrogens (tertiary/aromatic N) is 3. The molecule has 0 saturated heterocycles. The van der Waals surface area contributed by atoms with Gasteiger partial charge in [-0.25, -0.2) is 15.0 Å². The van der Waals surface area contributed by atoms with Gasteiger partial charge in [-0.15, -0.1) is 34.0 Å². The highest BCUT2D eigenvalue weighted by atomic mass is 32.1. The van der Waals surface area contributed by atoms with Crippen LogP contribution in [0.5, 0.6) is 0 Å². The number of para-hydroxylation sites is 1. The maximum atomic E-state index is 5.17. The van der Waals surface area contributed by atoms with Crippen molar-refractivity contribution < 1.29 is 0 Å². The van der Waals surface area contributed by atoms with Crippen LogP contribution in [0.1, 0.15) is 35.4 Å². The minimum atomic E-state index is 0.263. The summed E-state index contributed by atoms with van der Waals surface area (Å²) in [5.74, 6) is 0.903. The first-order chi connectivity index (χ1) is 25.5. The number of benzene rings is 5. The van der Waals surface area contributed by atoms with Gasteiger partial charge in [-0.2, -0.15) is 0 Å². The Labute approximate surface area is 315 Å². The van der Waals surface area contributed by atoms with E-state index in [1.807, 2.05) is 28.7 Å². The summed E-state index contributed by atoms with van der Waals surface area (Å²) in [4.78, 5) is 17.7. The first-order valence-electron chi connectivity index (χ1n) is 17.3. The molecule has 1 unspecified atom stereocenters. The van der Waals surface area contributed by atoms with Gasteiger partial charge in [-0.1, -0.05) is 122 Å². The number of thiophene rings is 2. The quantitative estimate of drug-likeness (QED) is 0.119. The number of aliphatic imine (C=N–C) groups is 2. The van der Waals surface area contributed by atoms with Crippen LogP contribution < -0.4 is 0 Å². The lowest BCUT2D eigenvalue weighted by molar-refractivity contribution is 0.842. The summed E-state index contributed by atoms with van der Waals surface area (Å²) in [7, 11) is 0. The average molecular weight is 724 g/mol. The second kappa shape index (κ2) is 13.9. The van der Waals surface area contributed by atoms with Crippen molar-refractivity contribution in [2.75, 3.05) is 0 Å². The molecule has 5 aromatic carbocycles. The highest BCUT2D eigenvalue weighted by molar-refractivity contribution is 7.22. The number of thiazole rings is 1. The third-order valence-electron chi connectivity index (χ3n) is 9.44. The molecule has 0 radical (unpaired) electrons. The Morgan fingerprint density at radius 1 is 0.654 bits per heavy atom. The Bertz CT molecular complexity index is 2630. The van der Waals surface area contributed by atoms with Crippen LogP contribution >= 0.6 is 34.0 Å². The van der Waals surface area contributed by atoms with Crippen LogP contribution in [0.2, 0.25) is 0 Å². The van der Waals surface area contributed by atoms with Crippen LogP contribution in [-0.2, 0) is 0 Å². The summed E-state index contributed by atoms with van der Waals surface area (Å²) >= 11 is 5.40. The number of allylic oxidation sites excluding steroid dienone is 4. The number of hydrogen-bond donors (Lipinski definition) is 0. The van der Waals surface area contributed by atoms with Crippen molar-refractivity contribution in [1.29, 1.82) is 0 Å². The normalized spacial score (nSPS) is 15.1. The van der Waals surface area contributed by atoms with Crippen LogP contribution in [0, 0.1) is 0 Å². The van der Waals surface area contributed by atoms with Gasteiger partial charge >= 0.3 is 0 Å². The second-order valence-electron chi connectivity index (χ2n) is 12.9. The van der Waals surface area contributed by atoms with Crippen molar-refractivity contribution in [2.24, 2.45) is 9.98 Å². The predicted octanol–water partition coefficient (Wildman–Crippen LogP) is 13.6. The van der Waals surface area contributed by atoms with Crippen molar-refractivity contribution in [3.63, 3.8) is 0 Å². The molecule has 0 aliphatic heterocycles. The number of fused-ring (bicyclic) bond motifs is 3. The summed E-state index contributed by atoms with van der Waals surface area (Å²) in [6.45, 7) is 6.48. The minimum absolute atomic E-state index is 0.263. The molecule has 8 aromatic rings. The molecule has 0 N–H and O–H groups in total. The fraction of sp³-hybridized carbons (Fsp3) is 0.0652. The van der Waals surface area contributed by atoms with Gasteiger partial charge in [0.15, 0.2) is 5.84 Å². The van der Waals surface area contributed by atoms with E-state index in [0.29, 0.717) is 11.5 Å². The van der Waals surface area contributed by atoms with Crippen LogP contribution in [0.4, 0.5) is 0 Å². The molecule has 0 saturated carbocycles. The molecule has 250 valence electrons. The molecule has 0 amide bonds. The van der Waals surface area contributed by atoms with Crippen LogP contribution in [0.25, 0.3) is 57.0 Å². The fourth-order valence-electron chi connectivity index (χ4n) is 6.55. The SMILES string of the molecule is C=C(/N=C(\N=C(/C)C1=CCC(c2nc3ccccc3s2)C=C1)c1ccc(-c2cc3ccccc3s2)cc1)c1ccc(-c2cc3ccccc3s2)cc1. The molecular formula is C46H33N3S3. The maximum Gasteiger partial charge on any atom is 0.160 e. The van der Waals surface area contributed by atoms with E-state index in [1.165, 1.54) is 45.8 Å². The third kappa shape index (κ3) is 6.53. The number of rotatable bonds is 7. The van der Waals surface area contributed by atoms with Gasteiger partial charge in [-0.05, 0) is 82.8 Å². The topological polar surface area (TPSA) is 37.6 Å². The minimum Gasteiger partial charge on any atom is -0.241 e. The average Bonchev–Trinajstić information content (AvgIpc) is 3.95. The van der Waals surface area contributed by atoms with E-state index in [9.17, 15) is 0 Å². The summed E-state index contributed by atoms with van der Waals surface area (Å²) in [6, 6.07) is 47.1. The summed E-state index contributed by atoms with van der Waals surface area (Å²) < 4.78 is 3.81. The van der Waals surface area contributed by atoms with Crippen molar-refractivity contribution >= 4 is 81.6 Å². The van der Waals surface area contributed by atoms with Gasteiger partial charge < -0.3 is 0 Å². The maximum absolute atomic E-state index is 5.17.